The summed E-state index contributed by atoms with van der Waals surface area (Å²) in [6.45, 7) is 6.53. The van der Waals surface area contributed by atoms with Crippen molar-refractivity contribution in [1.29, 1.82) is 0 Å². The Morgan fingerprint density at radius 3 is 0.817 bits per heavy atom. The molecule has 412 valence electrons. The number of rotatable bonds is 56. The molecule has 0 aliphatic carbocycles. The Labute approximate surface area is 440 Å². The summed E-state index contributed by atoms with van der Waals surface area (Å²) in [5.41, 5.74) is 0. The van der Waals surface area contributed by atoms with Crippen molar-refractivity contribution in [3.05, 3.63) is 60.8 Å². The van der Waals surface area contributed by atoms with Crippen molar-refractivity contribution in [3.8, 4) is 0 Å². The number of unbranched alkanes of at least 4 members (excludes halogenated alkanes) is 35. The standard InChI is InChI=1S/C65H116O6/c1-4-7-10-13-15-17-19-21-23-24-25-26-27-28-29-30-31-32-33-34-35-36-37-38-39-40-42-43-45-47-49-52-55-58-64(67)70-61-62(60-69-63(66)57-54-51-12-9-6-3)71-65(68)59-56-53-50-48-46-44-41-22-20-18-16-14-11-8-5-2/h16,18-19,21-22,24-25,27-28,41,62H,4-15,17,20,23,26,29-40,42-61H2,1-3H3/b18-16-,21-19-,25-24-,28-27-,41-22-. The van der Waals surface area contributed by atoms with E-state index in [2.05, 4.69) is 81.5 Å². The van der Waals surface area contributed by atoms with Crippen molar-refractivity contribution in [3.63, 3.8) is 0 Å². The predicted molar refractivity (Wildman–Crippen MR) is 307 cm³/mol. The fraction of sp³-hybridized carbons (Fsp3) is 0.800. The van der Waals surface area contributed by atoms with Gasteiger partial charge in [0.25, 0.3) is 0 Å². The van der Waals surface area contributed by atoms with Gasteiger partial charge < -0.3 is 14.2 Å². The van der Waals surface area contributed by atoms with Gasteiger partial charge in [-0.1, -0.05) is 268 Å². The first-order valence-corrected chi connectivity index (χ1v) is 30.8. The van der Waals surface area contributed by atoms with Gasteiger partial charge in [0.05, 0.1) is 0 Å². The maximum atomic E-state index is 12.8. The smallest absolute Gasteiger partial charge is 0.306 e. The predicted octanol–water partition coefficient (Wildman–Crippen LogP) is 20.8. The molecule has 71 heavy (non-hydrogen) atoms. The minimum Gasteiger partial charge on any atom is -0.462 e. The fourth-order valence-electron chi connectivity index (χ4n) is 8.83. The minimum absolute atomic E-state index is 0.0773. The lowest BCUT2D eigenvalue weighted by Gasteiger charge is -2.18. The Bertz CT molecular complexity index is 1280. The second-order valence-electron chi connectivity index (χ2n) is 20.6. The summed E-state index contributed by atoms with van der Waals surface area (Å²) in [5.74, 6) is -0.895. The topological polar surface area (TPSA) is 78.9 Å². The SMILES string of the molecule is CCCCC/C=C\C/C=C\CCCCCCCC(=O)OC(COC(=O)CCCCCCC)COC(=O)CCCCCCCCCCCCCCCCCCCC/C=C\C/C=C\C/C=C\CCCCCCC. The molecule has 0 saturated carbocycles. The molecule has 6 heteroatoms. The molecule has 0 N–H and O–H groups in total. The molecule has 0 saturated heterocycles. The summed E-state index contributed by atoms with van der Waals surface area (Å²) < 4.78 is 16.7. The maximum Gasteiger partial charge on any atom is 0.306 e. The molecule has 0 spiro atoms. The van der Waals surface area contributed by atoms with Crippen LogP contribution in [0, 0.1) is 0 Å². The Morgan fingerprint density at radius 2 is 0.507 bits per heavy atom. The van der Waals surface area contributed by atoms with E-state index in [0.29, 0.717) is 19.3 Å². The van der Waals surface area contributed by atoms with Gasteiger partial charge in [-0.15, -0.1) is 0 Å². The molecule has 0 radical (unpaired) electrons. The lowest BCUT2D eigenvalue weighted by molar-refractivity contribution is -0.167. The van der Waals surface area contributed by atoms with Crippen LogP contribution in [0.1, 0.15) is 316 Å². The highest BCUT2D eigenvalue weighted by Gasteiger charge is 2.19. The second-order valence-corrected chi connectivity index (χ2v) is 20.6. The van der Waals surface area contributed by atoms with Gasteiger partial charge in [-0.25, -0.2) is 0 Å². The fourth-order valence-corrected chi connectivity index (χ4v) is 8.83. The molecule has 0 heterocycles. The zero-order chi connectivity index (χ0) is 51.4. The number of esters is 3. The van der Waals surface area contributed by atoms with Crippen LogP contribution in [0.2, 0.25) is 0 Å². The van der Waals surface area contributed by atoms with Gasteiger partial charge in [-0.2, -0.15) is 0 Å². The number of allylic oxidation sites excluding steroid dienone is 10. The molecule has 0 fully saturated rings. The maximum absolute atomic E-state index is 12.8. The molecule has 0 aliphatic heterocycles. The average Bonchev–Trinajstić information content (AvgIpc) is 3.37. The molecule has 0 amide bonds. The number of ether oxygens (including phenoxy) is 3. The van der Waals surface area contributed by atoms with Crippen LogP contribution in [0.4, 0.5) is 0 Å². The third kappa shape index (κ3) is 57.9. The van der Waals surface area contributed by atoms with Crippen LogP contribution < -0.4 is 0 Å². The monoisotopic (exact) mass is 993 g/mol. The van der Waals surface area contributed by atoms with Crippen molar-refractivity contribution in [2.75, 3.05) is 13.2 Å². The molecule has 0 aromatic carbocycles. The summed E-state index contributed by atoms with van der Waals surface area (Å²) in [5, 5.41) is 0. The van der Waals surface area contributed by atoms with Crippen LogP contribution in [-0.2, 0) is 28.6 Å². The van der Waals surface area contributed by atoms with Gasteiger partial charge in [0, 0.05) is 19.3 Å². The molecule has 0 aliphatic rings. The van der Waals surface area contributed by atoms with Gasteiger partial charge in [-0.3, -0.25) is 14.4 Å². The number of hydrogen-bond donors (Lipinski definition) is 0. The molecule has 0 rings (SSSR count). The van der Waals surface area contributed by atoms with Crippen LogP contribution in [0.3, 0.4) is 0 Å². The van der Waals surface area contributed by atoms with E-state index < -0.39 is 6.10 Å². The van der Waals surface area contributed by atoms with Gasteiger partial charge >= 0.3 is 17.9 Å². The van der Waals surface area contributed by atoms with Crippen LogP contribution in [-0.4, -0.2) is 37.2 Å². The third-order valence-corrected chi connectivity index (χ3v) is 13.5. The highest BCUT2D eigenvalue weighted by molar-refractivity contribution is 5.71. The van der Waals surface area contributed by atoms with E-state index in [1.807, 2.05) is 0 Å². The van der Waals surface area contributed by atoms with E-state index in [1.54, 1.807) is 0 Å². The normalized spacial score (nSPS) is 12.4. The Kier molecular flexibility index (Phi) is 57.2. The second kappa shape index (κ2) is 59.7. The van der Waals surface area contributed by atoms with E-state index in [1.165, 1.54) is 173 Å². The Hall–Kier alpha value is -2.89. The van der Waals surface area contributed by atoms with Crippen molar-refractivity contribution < 1.29 is 28.6 Å². The van der Waals surface area contributed by atoms with E-state index in [-0.39, 0.29) is 31.1 Å². The molecule has 0 aromatic heterocycles. The van der Waals surface area contributed by atoms with Gasteiger partial charge in [0.15, 0.2) is 6.10 Å². The summed E-state index contributed by atoms with van der Waals surface area (Å²) in [7, 11) is 0. The van der Waals surface area contributed by atoms with Gasteiger partial charge in [0.1, 0.15) is 13.2 Å². The summed E-state index contributed by atoms with van der Waals surface area (Å²) >= 11 is 0. The van der Waals surface area contributed by atoms with E-state index in [4.69, 9.17) is 14.2 Å². The van der Waals surface area contributed by atoms with Crippen LogP contribution in [0.5, 0.6) is 0 Å². The molecular formula is C65H116O6. The van der Waals surface area contributed by atoms with Gasteiger partial charge in [-0.05, 0) is 89.9 Å². The third-order valence-electron chi connectivity index (χ3n) is 13.5. The summed E-state index contributed by atoms with van der Waals surface area (Å²) in [6.07, 6.45) is 75.7. The number of carbonyl (C=O) groups is 3. The minimum atomic E-state index is -0.775. The first-order chi connectivity index (χ1) is 35.0. The lowest BCUT2D eigenvalue weighted by Crippen LogP contribution is -2.30. The van der Waals surface area contributed by atoms with E-state index in [0.717, 1.165) is 103 Å². The van der Waals surface area contributed by atoms with Crippen LogP contribution >= 0.6 is 0 Å². The van der Waals surface area contributed by atoms with Crippen molar-refractivity contribution in [1.82, 2.24) is 0 Å². The average molecular weight is 994 g/mol. The number of hydrogen-bond acceptors (Lipinski definition) is 6. The molecule has 0 bridgehead atoms. The van der Waals surface area contributed by atoms with Crippen molar-refractivity contribution >= 4 is 17.9 Å². The van der Waals surface area contributed by atoms with Crippen LogP contribution in [0.25, 0.3) is 0 Å². The highest BCUT2D eigenvalue weighted by Crippen LogP contribution is 2.17. The summed E-state index contributed by atoms with van der Waals surface area (Å²) in [6, 6.07) is 0. The molecule has 0 aromatic rings. The molecular weight excluding hydrogens is 877 g/mol. The molecule has 1 atom stereocenters. The first-order valence-electron chi connectivity index (χ1n) is 30.8. The Balaban J connectivity index is 3.93. The first kappa shape index (κ1) is 68.1. The van der Waals surface area contributed by atoms with Crippen molar-refractivity contribution in [2.24, 2.45) is 0 Å². The highest BCUT2D eigenvalue weighted by atomic mass is 16.6. The quantitative estimate of drug-likeness (QED) is 0.0261. The van der Waals surface area contributed by atoms with Crippen LogP contribution in [0.15, 0.2) is 60.8 Å². The van der Waals surface area contributed by atoms with E-state index in [9.17, 15) is 14.4 Å². The van der Waals surface area contributed by atoms with Gasteiger partial charge in [0.2, 0.25) is 0 Å². The zero-order valence-corrected chi connectivity index (χ0v) is 47.2. The molecule has 6 nitrogen and oxygen atoms in total. The van der Waals surface area contributed by atoms with E-state index >= 15 is 0 Å². The molecule has 1 unspecified atom stereocenters. The zero-order valence-electron chi connectivity index (χ0n) is 47.2. The lowest BCUT2D eigenvalue weighted by atomic mass is 10.0. The summed E-state index contributed by atoms with van der Waals surface area (Å²) in [4.78, 5) is 37.8. The van der Waals surface area contributed by atoms with Crippen molar-refractivity contribution in [2.45, 2.75) is 322 Å². The Morgan fingerprint density at radius 1 is 0.282 bits per heavy atom. The number of carbonyl (C=O) groups excluding carboxylic acids is 3. The largest absolute Gasteiger partial charge is 0.462 e.